The number of carbonyl (C=O) groups is 2. The van der Waals surface area contributed by atoms with Gasteiger partial charge >= 0.3 is 0 Å². The van der Waals surface area contributed by atoms with Crippen LogP contribution in [-0.2, 0) is 4.79 Å². The van der Waals surface area contributed by atoms with E-state index in [1.165, 1.54) is 6.07 Å². The zero-order valence-electron chi connectivity index (χ0n) is 12.5. The van der Waals surface area contributed by atoms with Gasteiger partial charge in [0.1, 0.15) is 22.9 Å². The molecule has 3 N–H and O–H groups in total. The van der Waals surface area contributed by atoms with Gasteiger partial charge in [-0.1, -0.05) is 6.07 Å². The van der Waals surface area contributed by atoms with Crippen LogP contribution >= 0.6 is 0 Å². The molecular weight excluding hydrogens is 318 g/mol. The van der Waals surface area contributed by atoms with Crippen LogP contribution in [0.5, 0.6) is 5.75 Å². The van der Waals surface area contributed by atoms with E-state index in [4.69, 9.17) is 0 Å². The first kappa shape index (κ1) is 15.9. The van der Waals surface area contributed by atoms with E-state index < -0.39 is 28.9 Å². The summed E-state index contributed by atoms with van der Waals surface area (Å²) in [4.78, 5) is 23.8. The molecule has 0 heterocycles. The van der Waals surface area contributed by atoms with Gasteiger partial charge in [-0.05, 0) is 31.0 Å². The molecule has 1 aliphatic rings. The van der Waals surface area contributed by atoms with Gasteiger partial charge in [0.2, 0.25) is 5.91 Å². The number of hydrogen-bond donors (Lipinski definition) is 3. The normalized spacial score (nSPS) is 13.4. The molecule has 0 bridgehead atoms. The van der Waals surface area contributed by atoms with Crippen LogP contribution in [0.4, 0.5) is 20.2 Å². The van der Waals surface area contributed by atoms with E-state index in [0.717, 1.165) is 12.8 Å². The van der Waals surface area contributed by atoms with Gasteiger partial charge in [0.05, 0.1) is 0 Å². The van der Waals surface area contributed by atoms with Crippen molar-refractivity contribution in [2.45, 2.75) is 12.8 Å². The van der Waals surface area contributed by atoms with Gasteiger partial charge in [0, 0.05) is 29.4 Å². The number of halogens is 2. The number of phenols is 1. The lowest BCUT2D eigenvalue weighted by molar-refractivity contribution is -0.117. The third-order valence-electron chi connectivity index (χ3n) is 3.60. The topological polar surface area (TPSA) is 78.4 Å². The van der Waals surface area contributed by atoms with Crippen LogP contribution in [0, 0.1) is 17.6 Å². The molecule has 5 nitrogen and oxygen atoms in total. The SMILES string of the molecule is O=C(Nc1cccc(NC(=O)C2CC2)c1)c1c(O)cc(F)cc1F. The van der Waals surface area contributed by atoms with Crippen LogP contribution in [0.3, 0.4) is 0 Å². The van der Waals surface area contributed by atoms with E-state index in [1.54, 1.807) is 18.2 Å². The second kappa shape index (κ2) is 6.27. The molecule has 0 aromatic heterocycles. The number of aromatic hydroxyl groups is 1. The Labute approximate surface area is 136 Å². The van der Waals surface area contributed by atoms with Crippen LogP contribution in [0.1, 0.15) is 23.2 Å². The van der Waals surface area contributed by atoms with E-state index in [9.17, 15) is 23.5 Å². The molecule has 1 aliphatic carbocycles. The highest BCUT2D eigenvalue weighted by Crippen LogP contribution is 2.30. The minimum atomic E-state index is -1.16. The quantitative estimate of drug-likeness (QED) is 0.804. The molecule has 3 rings (SSSR count). The number of phenolic OH excluding ortho intramolecular Hbond substituents is 1. The minimum absolute atomic E-state index is 0.0357. The van der Waals surface area contributed by atoms with Gasteiger partial charge in [-0.25, -0.2) is 8.78 Å². The summed E-state index contributed by atoms with van der Waals surface area (Å²) in [5.74, 6) is -3.90. The highest BCUT2D eigenvalue weighted by Gasteiger charge is 2.29. The third-order valence-corrected chi connectivity index (χ3v) is 3.60. The van der Waals surface area contributed by atoms with Crippen molar-refractivity contribution in [2.75, 3.05) is 10.6 Å². The second-order valence-electron chi connectivity index (χ2n) is 5.58. The molecular formula is C17H14F2N2O3. The van der Waals surface area contributed by atoms with E-state index in [0.29, 0.717) is 23.5 Å². The first-order chi connectivity index (χ1) is 11.4. The first-order valence-electron chi connectivity index (χ1n) is 7.34. The molecule has 0 saturated heterocycles. The fourth-order valence-electron chi connectivity index (χ4n) is 2.24. The van der Waals surface area contributed by atoms with Crippen LogP contribution < -0.4 is 10.6 Å². The lowest BCUT2D eigenvalue weighted by Crippen LogP contribution is -2.16. The molecule has 2 aromatic rings. The maximum atomic E-state index is 13.7. The van der Waals surface area contributed by atoms with Crippen molar-refractivity contribution >= 4 is 23.2 Å². The summed E-state index contributed by atoms with van der Waals surface area (Å²) in [5, 5.41) is 14.7. The Morgan fingerprint density at radius 1 is 1.04 bits per heavy atom. The average molecular weight is 332 g/mol. The van der Waals surface area contributed by atoms with Crippen LogP contribution in [0.2, 0.25) is 0 Å². The molecule has 0 spiro atoms. The van der Waals surface area contributed by atoms with Crippen molar-refractivity contribution < 1.29 is 23.5 Å². The summed E-state index contributed by atoms with van der Waals surface area (Å²) in [6.07, 6.45) is 1.73. The van der Waals surface area contributed by atoms with E-state index in [1.807, 2.05) is 0 Å². The summed E-state index contributed by atoms with van der Waals surface area (Å²) < 4.78 is 26.7. The summed E-state index contributed by atoms with van der Waals surface area (Å²) >= 11 is 0. The van der Waals surface area contributed by atoms with Gasteiger partial charge in [-0.2, -0.15) is 0 Å². The standard InChI is InChI=1S/C17H14F2N2O3/c18-10-6-13(19)15(14(22)7-10)17(24)21-12-3-1-2-11(8-12)20-16(23)9-4-5-9/h1-3,6-9,22H,4-5H2,(H,20,23)(H,21,24). The molecule has 0 aliphatic heterocycles. The maximum absolute atomic E-state index is 13.7. The Morgan fingerprint density at radius 3 is 2.33 bits per heavy atom. The van der Waals surface area contributed by atoms with E-state index in [2.05, 4.69) is 10.6 Å². The molecule has 1 fully saturated rings. The molecule has 0 unspecified atom stereocenters. The largest absolute Gasteiger partial charge is 0.507 e. The molecule has 24 heavy (non-hydrogen) atoms. The Balaban J connectivity index is 1.76. The highest BCUT2D eigenvalue weighted by molar-refractivity contribution is 6.06. The Bertz CT molecular complexity index is 796. The molecule has 1 saturated carbocycles. The van der Waals surface area contributed by atoms with Gasteiger partial charge in [-0.15, -0.1) is 0 Å². The third kappa shape index (κ3) is 3.51. The summed E-state index contributed by atoms with van der Waals surface area (Å²) in [7, 11) is 0. The fourth-order valence-corrected chi connectivity index (χ4v) is 2.24. The van der Waals surface area contributed by atoms with Crippen molar-refractivity contribution in [1.82, 2.24) is 0 Å². The number of nitrogens with one attached hydrogen (secondary N) is 2. The zero-order chi connectivity index (χ0) is 17.3. The Hall–Kier alpha value is -2.96. The number of carbonyl (C=O) groups excluding carboxylic acids is 2. The molecule has 0 radical (unpaired) electrons. The second-order valence-corrected chi connectivity index (χ2v) is 5.58. The highest BCUT2D eigenvalue weighted by atomic mass is 19.1. The van der Waals surface area contributed by atoms with Crippen molar-refractivity contribution in [3.05, 3.63) is 53.6 Å². The molecule has 124 valence electrons. The number of rotatable bonds is 4. The lowest BCUT2D eigenvalue weighted by Gasteiger charge is -2.10. The molecule has 2 aromatic carbocycles. The molecule has 0 atom stereocenters. The van der Waals surface area contributed by atoms with Crippen molar-refractivity contribution in [3.63, 3.8) is 0 Å². The van der Waals surface area contributed by atoms with E-state index >= 15 is 0 Å². The minimum Gasteiger partial charge on any atom is -0.507 e. The van der Waals surface area contributed by atoms with Gasteiger partial charge in [0.15, 0.2) is 0 Å². The predicted octanol–water partition coefficient (Wildman–Crippen LogP) is 3.27. The average Bonchev–Trinajstić information content (AvgIpc) is 3.30. The lowest BCUT2D eigenvalue weighted by atomic mass is 10.1. The number of benzene rings is 2. The van der Waals surface area contributed by atoms with Crippen molar-refractivity contribution in [1.29, 1.82) is 0 Å². The summed E-state index contributed by atoms with van der Waals surface area (Å²) in [6.45, 7) is 0. The zero-order valence-corrected chi connectivity index (χ0v) is 12.5. The van der Waals surface area contributed by atoms with Crippen LogP contribution in [0.25, 0.3) is 0 Å². The first-order valence-corrected chi connectivity index (χ1v) is 7.34. The summed E-state index contributed by atoms with van der Waals surface area (Å²) in [6, 6.07) is 7.50. The predicted molar refractivity (Wildman–Crippen MR) is 83.8 cm³/mol. The smallest absolute Gasteiger partial charge is 0.262 e. The maximum Gasteiger partial charge on any atom is 0.262 e. The monoisotopic (exact) mass is 332 g/mol. The van der Waals surface area contributed by atoms with Crippen LogP contribution in [-0.4, -0.2) is 16.9 Å². The molecule has 7 heteroatoms. The van der Waals surface area contributed by atoms with Gasteiger partial charge < -0.3 is 15.7 Å². The van der Waals surface area contributed by atoms with Gasteiger partial charge in [-0.3, -0.25) is 9.59 Å². The fraction of sp³-hybridized carbons (Fsp3) is 0.176. The van der Waals surface area contributed by atoms with Crippen molar-refractivity contribution in [2.24, 2.45) is 5.92 Å². The van der Waals surface area contributed by atoms with E-state index in [-0.39, 0.29) is 11.8 Å². The number of anilines is 2. The van der Waals surface area contributed by atoms with Crippen molar-refractivity contribution in [3.8, 4) is 5.75 Å². The number of amides is 2. The Morgan fingerprint density at radius 2 is 1.71 bits per heavy atom. The summed E-state index contributed by atoms with van der Waals surface area (Å²) in [5.41, 5.74) is 0.147. The number of hydrogen-bond acceptors (Lipinski definition) is 3. The van der Waals surface area contributed by atoms with Gasteiger partial charge in [0.25, 0.3) is 5.91 Å². The van der Waals surface area contributed by atoms with Crippen LogP contribution in [0.15, 0.2) is 36.4 Å². The molecule has 2 amide bonds. The Kier molecular flexibility index (Phi) is 4.16.